The lowest BCUT2D eigenvalue weighted by Crippen LogP contribution is -2.48. The standard InChI is InChI=1S/C6H10O7/c7-1-2(8)3(9)4(10)5(11)6(12)13/h1-5,8-11H,(H,12,13)/t2-,3+,4+,5-/m1/s1. The third kappa shape index (κ3) is 3.07. The Kier molecular flexibility index (Phi) is 4.49. The number of carboxylic acid groups (broad SMARTS) is 1. The molecular weight excluding hydrogens is 184 g/mol. The molecule has 0 aliphatic rings. The Bertz CT molecular complexity index is 191. The van der Waals surface area contributed by atoms with E-state index in [0.717, 1.165) is 0 Å². The van der Waals surface area contributed by atoms with E-state index in [1.54, 1.807) is 0 Å². The zero-order valence-electron chi connectivity index (χ0n) is 6.44. The normalized spacial score (nSPS) is 20.0. The van der Waals surface area contributed by atoms with Crippen molar-refractivity contribution in [1.82, 2.24) is 0 Å². The molecule has 0 saturated heterocycles. The molecule has 7 heteroatoms. The number of aliphatic hydroxyl groups is 4. The van der Waals surface area contributed by atoms with E-state index in [9.17, 15) is 9.59 Å². The third-order valence-electron chi connectivity index (χ3n) is 1.42. The highest BCUT2D eigenvalue weighted by molar-refractivity contribution is 5.73. The molecule has 0 fully saturated rings. The highest BCUT2D eigenvalue weighted by Crippen LogP contribution is 2.03. The van der Waals surface area contributed by atoms with Crippen LogP contribution < -0.4 is 0 Å². The van der Waals surface area contributed by atoms with E-state index in [0.29, 0.717) is 0 Å². The van der Waals surface area contributed by atoms with Gasteiger partial charge in [0.05, 0.1) is 0 Å². The van der Waals surface area contributed by atoms with E-state index in [-0.39, 0.29) is 6.29 Å². The molecule has 0 aromatic heterocycles. The van der Waals surface area contributed by atoms with Crippen LogP contribution >= 0.6 is 0 Å². The molecule has 0 rings (SSSR count). The van der Waals surface area contributed by atoms with Crippen molar-refractivity contribution in [3.63, 3.8) is 0 Å². The Morgan fingerprint density at radius 3 is 1.85 bits per heavy atom. The van der Waals surface area contributed by atoms with Crippen LogP contribution in [0.25, 0.3) is 0 Å². The minimum absolute atomic E-state index is 0.0809. The van der Waals surface area contributed by atoms with Crippen LogP contribution in [0.3, 0.4) is 0 Å². The lowest BCUT2D eigenvalue weighted by Gasteiger charge is -2.21. The molecule has 0 spiro atoms. The van der Waals surface area contributed by atoms with E-state index < -0.39 is 30.4 Å². The van der Waals surface area contributed by atoms with Crippen molar-refractivity contribution in [3.05, 3.63) is 0 Å². The van der Waals surface area contributed by atoms with Crippen molar-refractivity contribution < 1.29 is 35.1 Å². The Hall–Kier alpha value is -1.02. The van der Waals surface area contributed by atoms with Crippen molar-refractivity contribution in [3.8, 4) is 0 Å². The number of hydrogen-bond donors (Lipinski definition) is 5. The quantitative estimate of drug-likeness (QED) is 0.289. The smallest absolute Gasteiger partial charge is 0.335 e. The minimum atomic E-state index is -2.25. The first-order valence-corrected chi connectivity index (χ1v) is 3.32. The summed E-state index contributed by atoms with van der Waals surface area (Å²) in [6, 6.07) is 0. The molecule has 0 aromatic rings. The molecule has 0 aromatic carbocycles. The second-order valence-electron chi connectivity index (χ2n) is 2.39. The van der Waals surface area contributed by atoms with E-state index >= 15 is 0 Å². The summed E-state index contributed by atoms with van der Waals surface area (Å²) in [5, 5.41) is 43.2. The first-order chi connectivity index (χ1) is 5.91. The van der Waals surface area contributed by atoms with Crippen LogP contribution in [-0.4, -0.2) is 62.2 Å². The largest absolute Gasteiger partial charge is 0.479 e. The first kappa shape index (κ1) is 12.0. The summed E-state index contributed by atoms with van der Waals surface area (Å²) in [5.41, 5.74) is 0. The summed E-state index contributed by atoms with van der Waals surface area (Å²) in [6.45, 7) is 0. The van der Waals surface area contributed by atoms with Gasteiger partial charge in [0.15, 0.2) is 12.4 Å². The average molecular weight is 194 g/mol. The third-order valence-corrected chi connectivity index (χ3v) is 1.42. The van der Waals surface area contributed by atoms with Gasteiger partial charge in [-0.05, 0) is 0 Å². The maximum Gasteiger partial charge on any atom is 0.335 e. The molecule has 13 heavy (non-hydrogen) atoms. The van der Waals surface area contributed by atoms with Gasteiger partial charge in [0.25, 0.3) is 0 Å². The number of carbonyl (C=O) groups is 2. The first-order valence-electron chi connectivity index (χ1n) is 3.32. The summed E-state index contributed by atoms with van der Waals surface area (Å²) in [4.78, 5) is 20.0. The highest BCUT2D eigenvalue weighted by atomic mass is 16.4. The number of rotatable bonds is 5. The summed E-state index contributed by atoms with van der Waals surface area (Å²) < 4.78 is 0. The molecule has 0 radical (unpaired) electrons. The van der Waals surface area contributed by atoms with Gasteiger partial charge in [-0.2, -0.15) is 0 Å². The fourth-order valence-electron chi connectivity index (χ4n) is 0.615. The predicted octanol–water partition coefficient (Wildman–Crippen LogP) is -3.29. The van der Waals surface area contributed by atoms with Gasteiger partial charge in [0.1, 0.15) is 18.3 Å². The fourth-order valence-corrected chi connectivity index (χ4v) is 0.615. The summed E-state index contributed by atoms with van der Waals surface area (Å²) in [6.07, 6.45) is -8.39. The molecule has 0 aliphatic heterocycles. The second-order valence-corrected chi connectivity index (χ2v) is 2.39. The summed E-state index contributed by atoms with van der Waals surface area (Å²) in [5.74, 6) is -1.76. The molecule has 0 aliphatic carbocycles. The predicted molar refractivity (Wildman–Crippen MR) is 37.7 cm³/mol. The Balaban J connectivity index is 4.32. The van der Waals surface area contributed by atoms with Crippen molar-refractivity contribution in [2.24, 2.45) is 0 Å². The van der Waals surface area contributed by atoms with Gasteiger partial charge in [-0.25, -0.2) is 4.79 Å². The van der Waals surface area contributed by atoms with Crippen LogP contribution in [0.5, 0.6) is 0 Å². The number of carbonyl (C=O) groups excluding carboxylic acids is 1. The maximum atomic E-state index is 10.1. The molecule has 0 amide bonds. The van der Waals surface area contributed by atoms with Gasteiger partial charge >= 0.3 is 5.97 Å². The lowest BCUT2D eigenvalue weighted by atomic mass is 10.0. The van der Waals surface area contributed by atoms with Crippen LogP contribution in [0.15, 0.2) is 0 Å². The number of hydrogen-bond acceptors (Lipinski definition) is 6. The number of aliphatic carboxylic acids is 1. The Morgan fingerprint density at radius 2 is 1.54 bits per heavy atom. The number of aldehydes is 1. The van der Waals surface area contributed by atoms with Gasteiger partial charge in [-0.15, -0.1) is 0 Å². The maximum absolute atomic E-state index is 10.1. The van der Waals surface area contributed by atoms with Gasteiger partial charge in [-0.1, -0.05) is 0 Å². The van der Waals surface area contributed by atoms with Crippen molar-refractivity contribution in [2.45, 2.75) is 24.4 Å². The van der Waals surface area contributed by atoms with Gasteiger partial charge < -0.3 is 30.3 Å². The molecule has 0 unspecified atom stereocenters. The van der Waals surface area contributed by atoms with E-state index in [4.69, 9.17) is 25.5 Å². The SMILES string of the molecule is O=C[C@@H](O)[C@H](O)[C@H](O)[C@@H](O)C(=O)O. The van der Waals surface area contributed by atoms with Gasteiger partial charge in [0.2, 0.25) is 0 Å². The van der Waals surface area contributed by atoms with Crippen molar-refractivity contribution in [1.29, 1.82) is 0 Å². The monoisotopic (exact) mass is 194 g/mol. The lowest BCUT2D eigenvalue weighted by molar-refractivity contribution is -0.163. The summed E-state index contributed by atoms with van der Waals surface area (Å²) >= 11 is 0. The minimum Gasteiger partial charge on any atom is -0.479 e. The summed E-state index contributed by atoms with van der Waals surface area (Å²) in [7, 11) is 0. The van der Waals surface area contributed by atoms with Crippen LogP contribution in [0, 0.1) is 0 Å². The molecule has 4 atom stereocenters. The zero-order chi connectivity index (χ0) is 10.6. The molecule has 0 heterocycles. The van der Waals surface area contributed by atoms with E-state index in [1.807, 2.05) is 0 Å². The Morgan fingerprint density at radius 1 is 1.08 bits per heavy atom. The second kappa shape index (κ2) is 4.87. The van der Waals surface area contributed by atoms with Gasteiger partial charge in [0, 0.05) is 0 Å². The molecule has 76 valence electrons. The number of carboxylic acids is 1. The molecule has 5 N–H and O–H groups in total. The number of aliphatic hydroxyl groups excluding tert-OH is 4. The fraction of sp³-hybridized carbons (Fsp3) is 0.667. The van der Waals surface area contributed by atoms with Crippen LogP contribution in [0.4, 0.5) is 0 Å². The van der Waals surface area contributed by atoms with Crippen molar-refractivity contribution >= 4 is 12.3 Å². The molecule has 0 saturated carbocycles. The van der Waals surface area contributed by atoms with E-state index in [1.165, 1.54) is 0 Å². The Labute approximate surface area is 72.9 Å². The molecule has 0 bridgehead atoms. The topological polar surface area (TPSA) is 135 Å². The molecule has 7 nitrogen and oxygen atoms in total. The van der Waals surface area contributed by atoms with Crippen molar-refractivity contribution in [2.75, 3.05) is 0 Å². The zero-order valence-corrected chi connectivity index (χ0v) is 6.44. The highest BCUT2D eigenvalue weighted by Gasteiger charge is 2.33. The van der Waals surface area contributed by atoms with Gasteiger partial charge in [-0.3, -0.25) is 0 Å². The van der Waals surface area contributed by atoms with Crippen LogP contribution in [-0.2, 0) is 9.59 Å². The van der Waals surface area contributed by atoms with E-state index in [2.05, 4.69) is 0 Å². The van der Waals surface area contributed by atoms with Crippen LogP contribution in [0.1, 0.15) is 0 Å². The average Bonchev–Trinajstić information content (AvgIpc) is 2.12. The molecular formula is C6H10O7. The van der Waals surface area contributed by atoms with Crippen LogP contribution in [0.2, 0.25) is 0 Å².